The molecule has 0 saturated heterocycles. The number of aliphatic hydroxyl groups excluding tert-OH is 1. The van der Waals surface area contributed by atoms with Gasteiger partial charge in [0.25, 0.3) is 0 Å². The molecular weight excluding hydrogens is 218 g/mol. The molecule has 0 fully saturated rings. The number of phenols is 2. The highest BCUT2D eigenvalue weighted by Gasteiger charge is 2.14. The van der Waals surface area contributed by atoms with Crippen LogP contribution in [0, 0.1) is 0 Å². The first-order chi connectivity index (χ1) is 8.08. The predicted molar refractivity (Wildman–Crippen MR) is 67.1 cm³/mol. The summed E-state index contributed by atoms with van der Waals surface area (Å²) < 4.78 is 0. The molecule has 0 saturated carbocycles. The zero-order valence-corrected chi connectivity index (χ0v) is 10.3. The van der Waals surface area contributed by atoms with Crippen LogP contribution in [-0.2, 0) is 0 Å². The number of aromatic hydroxyl groups is 2. The van der Waals surface area contributed by atoms with Crippen molar-refractivity contribution in [2.24, 2.45) is 0 Å². The van der Waals surface area contributed by atoms with Gasteiger partial charge in [0.15, 0.2) is 0 Å². The van der Waals surface area contributed by atoms with Crippen LogP contribution in [0.1, 0.15) is 38.3 Å². The van der Waals surface area contributed by atoms with E-state index in [2.05, 4.69) is 5.32 Å². The van der Waals surface area contributed by atoms with Crippen molar-refractivity contribution in [3.8, 4) is 11.5 Å². The van der Waals surface area contributed by atoms with Gasteiger partial charge in [0.1, 0.15) is 11.5 Å². The lowest BCUT2D eigenvalue weighted by atomic mass is 10.0. The highest BCUT2D eigenvalue weighted by atomic mass is 16.3. The highest BCUT2D eigenvalue weighted by Crippen LogP contribution is 2.28. The van der Waals surface area contributed by atoms with E-state index in [1.807, 2.05) is 13.8 Å². The Hall–Kier alpha value is -1.26. The summed E-state index contributed by atoms with van der Waals surface area (Å²) in [4.78, 5) is 0. The van der Waals surface area contributed by atoms with Gasteiger partial charge < -0.3 is 20.6 Å². The van der Waals surface area contributed by atoms with Gasteiger partial charge >= 0.3 is 0 Å². The topological polar surface area (TPSA) is 72.7 Å². The van der Waals surface area contributed by atoms with Gasteiger partial charge in [-0.1, -0.05) is 6.92 Å². The van der Waals surface area contributed by atoms with E-state index >= 15 is 0 Å². The average molecular weight is 239 g/mol. The van der Waals surface area contributed by atoms with Gasteiger partial charge in [-0.25, -0.2) is 0 Å². The first-order valence-corrected chi connectivity index (χ1v) is 5.97. The van der Waals surface area contributed by atoms with E-state index in [9.17, 15) is 10.2 Å². The summed E-state index contributed by atoms with van der Waals surface area (Å²) in [5.41, 5.74) is 0.668. The Bertz CT molecular complexity index is 355. The van der Waals surface area contributed by atoms with Gasteiger partial charge in [0, 0.05) is 24.3 Å². The molecule has 0 bridgehead atoms. The number of benzene rings is 1. The maximum absolute atomic E-state index is 9.72. The maximum atomic E-state index is 9.72. The van der Waals surface area contributed by atoms with Crippen molar-refractivity contribution >= 4 is 0 Å². The molecule has 0 heterocycles. The quantitative estimate of drug-likeness (QED) is 0.572. The van der Waals surface area contributed by atoms with E-state index in [0.29, 0.717) is 12.0 Å². The molecule has 4 nitrogen and oxygen atoms in total. The van der Waals surface area contributed by atoms with Gasteiger partial charge in [0.05, 0.1) is 0 Å². The lowest BCUT2D eigenvalue weighted by molar-refractivity contribution is 0.256. The number of aliphatic hydroxyl groups is 1. The van der Waals surface area contributed by atoms with Crippen LogP contribution in [0.4, 0.5) is 0 Å². The fourth-order valence-electron chi connectivity index (χ4n) is 1.89. The molecule has 0 spiro atoms. The van der Waals surface area contributed by atoms with E-state index < -0.39 is 0 Å². The molecule has 0 aliphatic rings. The monoisotopic (exact) mass is 239 g/mol. The number of hydrogen-bond acceptors (Lipinski definition) is 4. The smallest absolute Gasteiger partial charge is 0.120 e. The van der Waals surface area contributed by atoms with Crippen LogP contribution in [0.15, 0.2) is 18.2 Å². The fourth-order valence-corrected chi connectivity index (χ4v) is 1.89. The number of rotatable bonds is 6. The van der Waals surface area contributed by atoms with E-state index in [0.717, 1.165) is 6.42 Å². The van der Waals surface area contributed by atoms with E-state index in [1.165, 1.54) is 12.1 Å². The second kappa shape index (κ2) is 6.47. The Kier molecular flexibility index (Phi) is 5.25. The molecule has 4 N–H and O–H groups in total. The van der Waals surface area contributed by atoms with Gasteiger partial charge in [0.2, 0.25) is 0 Å². The van der Waals surface area contributed by atoms with Crippen molar-refractivity contribution < 1.29 is 15.3 Å². The largest absolute Gasteiger partial charge is 0.508 e. The average Bonchev–Trinajstić information content (AvgIpc) is 2.31. The number of phenolic OH excluding ortho intramolecular Hbond substituents is 2. The highest BCUT2D eigenvalue weighted by molar-refractivity contribution is 5.40. The third kappa shape index (κ3) is 3.91. The van der Waals surface area contributed by atoms with Gasteiger partial charge in [-0.05, 0) is 38.0 Å². The normalized spacial score (nSPS) is 14.5. The molecule has 0 radical (unpaired) electrons. The van der Waals surface area contributed by atoms with Crippen molar-refractivity contribution in [2.45, 2.75) is 38.8 Å². The molecule has 4 heteroatoms. The number of nitrogens with one attached hydrogen (secondary N) is 1. The van der Waals surface area contributed by atoms with Gasteiger partial charge in [-0.3, -0.25) is 0 Å². The molecular formula is C13H21NO3. The Balaban J connectivity index is 2.74. The van der Waals surface area contributed by atoms with Crippen LogP contribution < -0.4 is 5.32 Å². The zero-order valence-electron chi connectivity index (χ0n) is 10.3. The molecule has 0 aromatic heterocycles. The molecule has 0 amide bonds. The van der Waals surface area contributed by atoms with Gasteiger partial charge in [-0.2, -0.15) is 0 Å². The minimum Gasteiger partial charge on any atom is -0.508 e. The van der Waals surface area contributed by atoms with Crippen molar-refractivity contribution in [1.82, 2.24) is 5.32 Å². The molecule has 96 valence electrons. The first kappa shape index (κ1) is 13.8. The lowest BCUT2D eigenvalue weighted by Crippen LogP contribution is -2.31. The van der Waals surface area contributed by atoms with Crippen LogP contribution in [0.5, 0.6) is 11.5 Å². The SMILES string of the molecule is CCC(CCO)NC(C)c1cc(O)ccc1O. The van der Waals surface area contributed by atoms with Crippen LogP contribution in [0.2, 0.25) is 0 Å². The zero-order chi connectivity index (χ0) is 12.8. The van der Waals surface area contributed by atoms with Crippen molar-refractivity contribution in [3.05, 3.63) is 23.8 Å². The summed E-state index contributed by atoms with van der Waals surface area (Å²) in [6.07, 6.45) is 1.59. The lowest BCUT2D eigenvalue weighted by Gasteiger charge is -2.22. The minimum absolute atomic E-state index is 0.0707. The molecule has 0 aliphatic heterocycles. The molecule has 1 aromatic rings. The van der Waals surface area contributed by atoms with Crippen LogP contribution in [-0.4, -0.2) is 28.0 Å². The minimum atomic E-state index is -0.0707. The third-order valence-corrected chi connectivity index (χ3v) is 2.93. The second-order valence-electron chi connectivity index (χ2n) is 4.25. The summed E-state index contributed by atoms with van der Waals surface area (Å²) in [5.74, 6) is 0.309. The predicted octanol–water partition coefficient (Wildman–Crippen LogP) is 1.91. The number of hydrogen-bond donors (Lipinski definition) is 4. The Morgan fingerprint density at radius 2 is 2.00 bits per heavy atom. The van der Waals surface area contributed by atoms with Crippen LogP contribution >= 0.6 is 0 Å². The molecule has 17 heavy (non-hydrogen) atoms. The Labute approximate surface area is 102 Å². The maximum Gasteiger partial charge on any atom is 0.120 e. The first-order valence-electron chi connectivity index (χ1n) is 5.97. The Morgan fingerprint density at radius 1 is 1.29 bits per heavy atom. The van der Waals surface area contributed by atoms with E-state index in [1.54, 1.807) is 6.07 Å². The third-order valence-electron chi connectivity index (χ3n) is 2.93. The summed E-state index contributed by atoms with van der Waals surface area (Å²) in [6, 6.07) is 4.63. The summed E-state index contributed by atoms with van der Waals surface area (Å²) in [5, 5.41) is 31.4. The molecule has 1 rings (SSSR count). The van der Waals surface area contributed by atoms with Crippen molar-refractivity contribution in [3.63, 3.8) is 0 Å². The van der Waals surface area contributed by atoms with Crippen molar-refractivity contribution in [2.75, 3.05) is 6.61 Å². The van der Waals surface area contributed by atoms with Gasteiger partial charge in [-0.15, -0.1) is 0 Å². The van der Waals surface area contributed by atoms with E-state index in [4.69, 9.17) is 5.11 Å². The van der Waals surface area contributed by atoms with E-state index in [-0.39, 0.29) is 30.2 Å². The molecule has 1 aromatic carbocycles. The summed E-state index contributed by atoms with van der Waals surface area (Å²) >= 11 is 0. The Morgan fingerprint density at radius 3 is 2.59 bits per heavy atom. The van der Waals surface area contributed by atoms with Crippen LogP contribution in [0.3, 0.4) is 0 Å². The molecule has 0 aliphatic carbocycles. The molecule has 2 atom stereocenters. The summed E-state index contributed by atoms with van der Waals surface area (Å²) in [6.45, 7) is 4.11. The second-order valence-corrected chi connectivity index (χ2v) is 4.25. The standard InChI is InChI=1S/C13H21NO3/c1-3-10(6-7-15)14-9(2)12-8-11(16)4-5-13(12)17/h4-5,8-10,14-17H,3,6-7H2,1-2H3. The van der Waals surface area contributed by atoms with Crippen LogP contribution in [0.25, 0.3) is 0 Å². The summed E-state index contributed by atoms with van der Waals surface area (Å²) in [7, 11) is 0. The fraction of sp³-hybridized carbons (Fsp3) is 0.538. The molecule has 2 unspecified atom stereocenters. The van der Waals surface area contributed by atoms with Crippen molar-refractivity contribution in [1.29, 1.82) is 0 Å².